The van der Waals surface area contributed by atoms with Crippen molar-refractivity contribution in [2.45, 2.75) is 37.1 Å². The van der Waals surface area contributed by atoms with Crippen LogP contribution >= 0.6 is 12.4 Å². The maximum atomic E-state index is 12.8. The van der Waals surface area contributed by atoms with Crippen molar-refractivity contribution in [3.05, 3.63) is 29.8 Å². The van der Waals surface area contributed by atoms with Gasteiger partial charge in [0, 0.05) is 44.2 Å². The molecule has 3 rings (SSSR count). The van der Waals surface area contributed by atoms with Crippen LogP contribution in [0.4, 0.5) is 0 Å². The summed E-state index contributed by atoms with van der Waals surface area (Å²) in [4.78, 5) is 25.6. The second kappa shape index (κ2) is 9.14. The minimum Gasteiger partial charge on any atom is -0.340 e. The summed E-state index contributed by atoms with van der Waals surface area (Å²) in [7, 11) is -3.60. The molecule has 1 aromatic carbocycles. The van der Waals surface area contributed by atoms with Crippen LogP contribution in [0.15, 0.2) is 29.2 Å². The van der Waals surface area contributed by atoms with Gasteiger partial charge in [0.2, 0.25) is 15.9 Å². The number of rotatable bonds is 5. The van der Waals surface area contributed by atoms with Crippen molar-refractivity contribution in [3.8, 4) is 0 Å². The van der Waals surface area contributed by atoms with Gasteiger partial charge in [0.15, 0.2) is 5.78 Å². The lowest BCUT2D eigenvalue weighted by atomic mass is 10.1. The Hall–Kier alpha value is -1.48. The van der Waals surface area contributed by atoms with E-state index in [9.17, 15) is 18.0 Å². The summed E-state index contributed by atoms with van der Waals surface area (Å²) in [6.07, 6.45) is 2.61. The molecule has 0 saturated carbocycles. The third-order valence-electron chi connectivity index (χ3n) is 5.07. The van der Waals surface area contributed by atoms with Gasteiger partial charge in [0.1, 0.15) is 0 Å². The first-order valence-corrected chi connectivity index (χ1v) is 10.4. The van der Waals surface area contributed by atoms with E-state index in [2.05, 4.69) is 5.32 Å². The highest BCUT2D eigenvalue weighted by Crippen LogP contribution is 2.19. The van der Waals surface area contributed by atoms with Crippen LogP contribution in [-0.2, 0) is 14.8 Å². The maximum Gasteiger partial charge on any atom is 0.243 e. The van der Waals surface area contributed by atoms with Crippen molar-refractivity contribution in [1.82, 2.24) is 14.5 Å². The van der Waals surface area contributed by atoms with Gasteiger partial charge in [-0.3, -0.25) is 9.59 Å². The third-order valence-corrected chi connectivity index (χ3v) is 6.99. The summed E-state index contributed by atoms with van der Waals surface area (Å²) in [6.45, 7) is 3.82. The second-order valence-electron chi connectivity index (χ2n) is 6.86. The van der Waals surface area contributed by atoms with Gasteiger partial charge in [0.05, 0.1) is 4.90 Å². The minimum absolute atomic E-state index is 0. The molecule has 150 valence electrons. The summed E-state index contributed by atoms with van der Waals surface area (Å²) in [5.74, 6) is -0.00918. The van der Waals surface area contributed by atoms with Crippen LogP contribution in [0.1, 0.15) is 36.5 Å². The molecule has 0 radical (unpaired) electrons. The number of amides is 1. The zero-order chi connectivity index (χ0) is 18.7. The smallest absolute Gasteiger partial charge is 0.243 e. The van der Waals surface area contributed by atoms with Crippen LogP contribution in [0.5, 0.6) is 0 Å². The van der Waals surface area contributed by atoms with Gasteiger partial charge in [0.25, 0.3) is 0 Å². The normalized spacial score (nSPS) is 20.9. The van der Waals surface area contributed by atoms with Gasteiger partial charge in [-0.05, 0) is 38.4 Å². The van der Waals surface area contributed by atoms with E-state index in [0.29, 0.717) is 38.2 Å². The second-order valence-corrected chi connectivity index (χ2v) is 8.80. The molecule has 2 saturated heterocycles. The molecule has 1 N–H and O–H groups in total. The minimum atomic E-state index is -3.60. The van der Waals surface area contributed by atoms with Crippen LogP contribution in [-0.4, -0.2) is 68.1 Å². The lowest BCUT2D eigenvalue weighted by Gasteiger charge is -2.34. The lowest BCUT2D eigenvalue weighted by molar-refractivity contribution is -0.132. The molecule has 2 aliphatic heterocycles. The SMILES string of the molecule is CC(=O)c1ccc(S(=O)(=O)N2CCN(C(=O)CC3CCCN3)CC2)cc1.Cl. The quantitative estimate of drug-likeness (QED) is 0.732. The van der Waals surface area contributed by atoms with E-state index in [4.69, 9.17) is 0 Å². The molecule has 1 unspecified atom stereocenters. The molecule has 0 spiro atoms. The molecule has 0 aromatic heterocycles. The van der Waals surface area contributed by atoms with Gasteiger partial charge >= 0.3 is 0 Å². The number of benzene rings is 1. The number of carbonyl (C=O) groups excluding carboxylic acids is 2. The van der Waals surface area contributed by atoms with Crippen molar-refractivity contribution in [2.75, 3.05) is 32.7 Å². The van der Waals surface area contributed by atoms with E-state index in [-0.39, 0.29) is 35.0 Å². The summed E-state index contributed by atoms with van der Waals surface area (Å²) in [5.41, 5.74) is 0.486. The topological polar surface area (TPSA) is 86.8 Å². The van der Waals surface area contributed by atoms with Crippen LogP contribution < -0.4 is 5.32 Å². The highest BCUT2D eigenvalue weighted by Gasteiger charge is 2.31. The summed E-state index contributed by atoms with van der Waals surface area (Å²) in [6, 6.07) is 6.25. The number of nitrogens with zero attached hydrogens (tertiary/aromatic N) is 2. The first-order chi connectivity index (χ1) is 12.4. The molecule has 7 nitrogen and oxygen atoms in total. The number of hydrogen-bond donors (Lipinski definition) is 1. The van der Waals surface area contributed by atoms with Gasteiger partial charge in [-0.15, -0.1) is 12.4 Å². The number of hydrogen-bond acceptors (Lipinski definition) is 5. The molecule has 27 heavy (non-hydrogen) atoms. The summed E-state index contributed by atoms with van der Waals surface area (Å²) in [5, 5.41) is 3.32. The number of sulfonamides is 1. The highest BCUT2D eigenvalue weighted by molar-refractivity contribution is 7.89. The zero-order valence-electron chi connectivity index (χ0n) is 15.4. The molecule has 2 heterocycles. The van der Waals surface area contributed by atoms with Crippen molar-refractivity contribution in [3.63, 3.8) is 0 Å². The Balaban J connectivity index is 0.00000261. The fourth-order valence-corrected chi connectivity index (χ4v) is 4.88. The van der Waals surface area contributed by atoms with Gasteiger partial charge in [-0.2, -0.15) is 4.31 Å². The standard InChI is InChI=1S/C18H25N3O4S.ClH/c1-14(22)15-4-6-17(7-5-15)26(24,25)21-11-9-20(10-12-21)18(23)13-16-3-2-8-19-16;/h4-7,16,19H,2-3,8-13H2,1H3;1H. The lowest BCUT2D eigenvalue weighted by Crippen LogP contribution is -2.51. The first-order valence-electron chi connectivity index (χ1n) is 9.00. The predicted octanol–water partition coefficient (Wildman–Crippen LogP) is 1.29. The molecule has 1 atom stereocenters. The Bertz CT molecular complexity index is 768. The van der Waals surface area contributed by atoms with E-state index in [1.807, 2.05) is 0 Å². The molecule has 9 heteroatoms. The van der Waals surface area contributed by atoms with Gasteiger partial charge in [-0.25, -0.2) is 8.42 Å². The van der Waals surface area contributed by atoms with E-state index in [1.54, 1.807) is 4.90 Å². The number of piperazine rings is 1. The van der Waals surface area contributed by atoms with Crippen LogP contribution in [0.2, 0.25) is 0 Å². The molecule has 0 aliphatic carbocycles. The van der Waals surface area contributed by atoms with Crippen LogP contribution in [0.3, 0.4) is 0 Å². The predicted molar refractivity (Wildman–Crippen MR) is 105 cm³/mol. The molecule has 2 aliphatic rings. The average molecular weight is 416 g/mol. The molecule has 1 aromatic rings. The van der Waals surface area contributed by atoms with Crippen LogP contribution in [0, 0.1) is 0 Å². The van der Waals surface area contributed by atoms with Crippen molar-refractivity contribution >= 4 is 34.1 Å². The summed E-state index contributed by atoms with van der Waals surface area (Å²) >= 11 is 0. The first kappa shape index (κ1) is 21.8. The Morgan fingerprint density at radius 1 is 1.11 bits per heavy atom. The van der Waals surface area contributed by atoms with E-state index in [1.165, 1.54) is 35.5 Å². The van der Waals surface area contributed by atoms with Gasteiger partial charge < -0.3 is 10.2 Å². The largest absolute Gasteiger partial charge is 0.340 e. The monoisotopic (exact) mass is 415 g/mol. The molecule has 1 amide bonds. The number of Topliss-reactive ketones (excluding diaryl/α,β-unsaturated/α-hetero) is 1. The van der Waals surface area contributed by atoms with Crippen molar-refractivity contribution in [2.24, 2.45) is 0 Å². The summed E-state index contributed by atoms with van der Waals surface area (Å²) < 4.78 is 26.9. The van der Waals surface area contributed by atoms with E-state index >= 15 is 0 Å². The zero-order valence-corrected chi connectivity index (χ0v) is 17.0. The average Bonchev–Trinajstić information content (AvgIpc) is 3.15. The number of ketones is 1. The third kappa shape index (κ3) is 5.07. The fourth-order valence-electron chi connectivity index (χ4n) is 3.46. The van der Waals surface area contributed by atoms with E-state index < -0.39 is 10.0 Å². The van der Waals surface area contributed by atoms with Crippen LogP contribution in [0.25, 0.3) is 0 Å². The Labute approximate surface area is 166 Å². The Kier molecular flexibility index (Phi) is 7.39. The molecule has 2 fully saturated rings. The van der Waals surface area contributed by atoms with Gasteiger partial charge in [-0.1, -0.05) is 12.1 Å². The fraction of sp³-hybridized carbons (Fsp3) is 0.556. The number of halogens is 1. The maximum absolute atomic E-state index is 12.8. The molecular formula is C18H26ClN3O4S. The highest BCUT2D eigenvalue weighted by atomic mass is 35.5. The molecular weight excluding hydrogens is 390 g/mol. The Morgan fingerprint density at radius 2 is 1.74 bits per heavy atom. The van der Waals surface area contributed by atoms with E-state index in [0.717, 1.165) is 19.4 Å². The molecule has 0 bridgehead atoms. The van der Waals surface area contributed by atoms with Crippen molar-refractivity contribution in [1.29, 1.82) is 0 Å². The number of nitrogens with one attached hydrogen (secondary N) is 1. The van der Waals surface area contributed by atoms with Crippen molar-refractivity contribution < 1.29 is 18.0 Å². The Morgan fingerprint density at radius 3 is 2.26 bits per heavy atom. The number of carbonyl (C=O) groups is 2.